The zero-order valence-electron chi connectivity index (χ0n) is 13.5. The van der Waals surface area contributed by atoms with Crippen LogP contribution in [0.4, 0.5) is 35.1 Å². The number of aryl methyl sites for hydroxylation is 1. The van der Waals surface area contributed by atoms with Crippen molar-refractivity contribution >= 4 is 28.6 Å². The summed E-state index contributed by atoms with van der Waals surface area (Å²) in [4.78, 5) is 12.1. The average Bonchev–Trinajstić information content (AvgIpc) is 2.51. The lowest BCUT2D eigenvalue weighted by Gasteiger charge is -2.12. The molecule has 0 spiro atoms. The molecule has 0 saturated heterocycles. The third-order valence-corrected chi connectivity index (χ3v) is 3.75. The largest absolute Gasteiger partial charge is 0.416 e. The Morgan fingerprint density at radius 1 is 1.08 bits per heavy atom. The van der Waals surface area contributed by atoms with Crippen molar-refractivity contribution in [2.75, 3.05) is 16.8 Å². The molecule has 136 valence electrons. The van der Waals surface area contributed by atoms with E-state index >= 15 is 0 Å². The van der Waals surface area contributed by atoms with E-state index in [9.17, 15) is 17.6 Å². The topological polar surface area (TPSA) is 103 Å². The molecule has 5 N–H and O–H groups in total. The molecule has 3 rings (SSSR count). The third kappa shape index (κ3) is 3.44. The highest BCUT2D eigenvalue weighted by atomic mass is 19.4. The summed E-state index contributed by atoms with van der Waals surface area (Å²) in [5.41, 5.74) is 11.4. The molecule has 0 radical (unpaired) electrons. The monoisotopic (exact) mass is 366 g/mol. The first-order chi connectivity index (χ1) is 12.1. The molecule has 2 aromatic heterocycles. The van der Waals surface area contributed by atoms with Crippen molar-refractivity contribution in [2.24, 2.45) is 0 Å². The molecule has 0 unspecified atom stereocenters. The zero-order chi connectivity index (χ0) is 19.1. The molecule has 0 atom stereocenters. The van der Waals surface area contributed by atoms with E-state index in [1.54, 1.807) is 13.0 Å². The van der Waals surface area contributed by atoms with Crippen LogP contribution in [0.15, 0.2) is 24.3 Å². The van der Waals surface area contributed by atoms with Crippen LogP contribution < -0.4 is 16.8 Å². The van der Waals surface area contributed by atoms with Gasteiger partial charge in [-0.05, 0) is 30.7 Å². The van der Waals surface area contributed by atoms with Gasteiger partial charge in [-0.2, -0.15) is 23.1 Å². The van der Waals surface area contributed by atoms with Gasteiger partial charge in [0.2, 0.25) is 5.95 Å². The van der Waals surface area contributed by atoms with Crippen LogP contribution in [-0.4, -0.2) is 15.0 Å². The summed E-state index contributed by atoms with van der Waals surface area (Å²) in [6.45, 7) is 1.71. The number of rotatable bonds is 3. The summed E-state index contributed by atoms with van der Waals surface area (Å²) in [6.07, 6.45) is -4.59. The SMILES string of the molecule is Cc1cc(NCc2ccc(C(F)(F)F)cc2F)nc2nc(N)nc(N)c12. The van der Waals surface area contributed by atoms with Gasteiger partial charge >= 0.3 is 6.18 Å². The number of nitrogen functional groups attached to an aromatic ring is 2. The maximum atomic E-state index is 13.9. The molecular formula is C16H14F4N6. The predicted octanol–water partition coefficient (Wildman–Crippen LogP) is 3.27. The van der Waals surface area contributed by atoms with Crippen molar-refractivity contribution < 1.29 is 17.6 Å². The van der Waals surface area contributed by atoms with Crippen LogP contribution in [-0.2, 0) is 12.7 Å². The Morgan fingerprint density at radius 3 is 2.46 bits per heavy atom. The first-order valence-corrected chi connectivity index (χ1v) is 7.45. The lowest BCUT2D eigenvalue weighted by molar-refractivity contribution is -0.137. The standard InChI is InChI=1S/C16H14F4N6/c1-7-4-11(24-14-12(7)13(21)25-15(22)26-14)23-6-8-2-3-9(5-10(8)17)16(18,19)20/h2-5H,6H2,1H3,(H5,21,22,23,24,25,26). The number of pyridine rings is 1. The van der Waals surface area contributed by atoms with Gasteiger partial charge in [0.05, 0.1) is 10.9 Å². The maximum Gasteiger partial charge on any atom is 0.416 e. The fourth-order valence-electron chi connectivity index (χ4n) is 2.51. The molecule has 0 saturated carbocycles. The Balaban J connectivity index is 1.86. The van der Waals surface area contributed by atoms with E-state index in [0.29, 0.717) is 17.3 Å². The van der Waals surface area contributed by atoms with Crippen LogP contribution in [0.1, 0.15) is 16.7 Å². The highest BCUT2D eigenvalue weighted by Crippen LogP contribution is 2.30. The average molecular weight is 366 g/mol. The molecule has 0 bridgehead atoms. The molecule has 1 aromatic carbocycles. The van der Waals surface area contributed by atoms with Crippen molar-refractivity contribution in [3.8, 4) is 0 Å². The molecule has 2 heterocycles. The van der Waals surface area contributed by atoms with Crippen molar-refractivity contribution in [1.29, 1.82) is 0 Å². The minimum atomic E-state index is -4.59. The molecule has 10 heteroatoms. The van der Waals surface area contributed by atoms with Crippen molar-refractivity contribution in [1.82, 2.24) is 15.0 Å². The summed E-state index contributed by atoms with van der Waals surface area (Å²) in [5, 5.41) is 3.40. The van der Waals surface area contributed by atoms with Gasteiger partial charge in [0, 0.05) is 12.1 Å². The second-order valence-electron chi connectivity index (χ2n) is 5.65. The van der Waals surface area contributed by atoms with Crippen LogP contribution >= 0.6 is 0 Å². The van der Waals surface area contributed by atoms with Gasteiger partial charge in [-0.25, -0.2) is 9.37 Å². The highest BCUT2D eigenvalue weighted by Gasteiger charge is 2.31. The van der Waals surface area contributed by atoms with E-state index in [1.165, 1.54) is 0 Å². The first-order valence-electron chi connectivity index (χ1n) is 7.45. The van der Waals surface area contributed by atoms with Gasteiger partial charge < -0.3 is 16.8 Å². The minimum absolute atomic E-state index is 0.0344. The third-order valence-electron chi connectivity index (χ3n) is 3.75. The summed E-state index contributed by atoms with van der Waals surface area (Å²) in [7, 11) is 0. The van der Waals surface area contributed by atoms with Crippen LogP contribution in [0.2, 0.25) is 0 Å². The van der Waals surface area contributed by atoms with Gasteiger partial charge in [0.15, 0.2) is 5.65 Å². The Morgan fingerprint density at radius 2 is 1.81 bits per heavy atom. The Kier molecular flexibility index (Phi) is 4.26. The number of fused-ring (bicyclic) bond motifs is 1. The Hall–Kier alpha value is -3.17. The number of benzene rings is 1. The molecular weight excluding hydrogens is 352 g/mol. The van der Waals surface area contributed by atoms with Crippen molar-refractivity contribution in [2.45, 2.75) is 19.6 Å². The van der Waals surface area contributed by atoms with Crippen molar-refractivity contribution in [3.63, 3.8) is 0 Å². The molecule has 0 fully saturated rings. The molecule has 26 heavy (non-hydrogen) atoms. The van der Waals surface area contributed by atoms with E-state index in [-0.39, 0.29) is 29.5 Å². The number of alkyl halides is 3. The summed E-state index contributed by atoms with van der Waals surface area (Å²) < 4.78 is 51.7. The molecule has 0 amide bonds. The molecule has 0 aliphatic carbocycles. The zero-order valence-corrected chi connectivity index (χ0v) is 13.5. The van der Waals surface area contributed by atoms with Crippen molar-refractivity contribution in [3.05, 3.63) is 46.8 Å². The predicted molar refractivity (Wildman–Crippen MR) is 89.6 cm³/mol. The molecule has 3 aromatic rings. The Bertz CT molecular complexity index is 987. The fourth-order valence-corrected chi connectivity index (χ4v) is 2.51. The number of nitrogens with zero attached hydrogens (tertiary/aromatic N) is 3. The van der Waals surface area contributed by atoms with E-state index in [1.807, 2.05) is 0 Å². The summed E-state index contributed by atoms with van der Waals surface area (Å²) in [5.74, 6) is -0.446. The number of hydrogen-bond acceptors (Lipinski definition) is 6. The summed E-state index contributed by atoms with van der Waals surface area (Å²) in [6, 6.07) is 4.02. The van der Waals surface area contributed by atoms with E-state index in [4.69, 9.17) is 11.5 Å². The molecule has 6 nitrogen and oxygen atoms in total. The first kappa shape index (κ1) is 17.6. The summed E-state index contributed by atoms with van der Waals surface area (Å²) >= 11 is 0. The molecule has 0 aliphatic rings. The van der Waals surface area contributed by atoms with Crippen LogP contribution in [0.3, 0.4) is 0 Å². The van der Waals surface area contributed by atoms with Gasteiger partial charge in [-0.3, -0.25) is 0 Å². The van der Waals surface area contributed by atoms with E-state index < -0.39 is 17.6 Å². The fraction of sp³-hybridized carbons (Fsp3) is 0.188. The number of aromatic nitrogens is 3. The second kappa shape index (κ2) is 6.28. The highest BCUT2D eigenvalue weighted by molar-refractivity contribution is 5.90. The maximum absolute atomic E-state index is 13.9. The van der Waals surface area contributed by atoms with Gasteiger partial charge in [-0.15, -0.1) is 0 Å². The minimum Gasteiger partial charge on any atom is -0.383 e. The Labute approximate surface area is 145 Å². The van der Waals surface area contributed by atoms with E-state index in [0.717, 1.165) is 17.7 Å². The number of hydrogen-bond donors (Lipinski definition) is 3. The van der Waals surface area contributed by atoms with Crippen LogP contribution in [0, 0.1) is 12.7 Å². The van der Waals surface area contributed by atoms with Crippen LogP contribution in [0.5, 0.6) is 0 Å². The van der Waals surface area contributed by atoms with Gasteiger partial charge in [0.1, 0.15) is 17.5 Å². The van der Waals surface area contributed by atoms with Crippen LogP contribution in [0.25, 0.3) is 11.0 Å². The number of halogens is 4. The molecule has 0 aliphatic heterocycles. The van der Waals surface area contributed by atoms with Gasteiger partial charge in [-0.1, -0.05) is 6.07 Å². The smallest absolute Gasteiger partial charge is 0.383 e. The number of anilines is 3. The number of nitrogens with two attached hydrogens (primary N) is 2. The normalized spacial score (nSPS) is 11.7. The number of nitrogens with one attached hydrogen (secondary N) is 1. The van der Waals surface area contributed by atoms with E-state index in [2.05, 4.69) is 20.3 Å². The van der Waals surface area contributed by atoms with Gasteiger partial charge in [0.25, 0.3) is 0 Å². The lowest BCUT2D eigenvalue weighted by atomic mass is 10.1. The second-order valence-corrected chi connectivity index (χ2v) is 5.65. The lowest BCUT2D eigenvalue weighted by Crippen LogP contribution is -2.09. The quantitative estimate of drug-likeness (QED) is 0.615.